The second-order valence-electron chi connectivity index (χ2n) is 4.84. The van der Waals surface area contributed by atoms with Gasteiger partial charge in [-0.1, -0.05) is 0 Å². The number of carbonyl (C=O) groups is 1. The minimum atomic E-state index is -1.42. The molecule has 0 amide bonds. The molecule has 0 radical (unpaired) electrons. The van der Waals surface area contributed by atoms with Crippen molar-refractivity contribution in [2.75, 3.05) is 13.2 Å². The van der Waals surface area contributed by atoms with Crippen LogP contribution in [-0.2, 0) is 14.3 Å². The fraction of sp³-hybridized carbons (Fsp3) is 0.909. The molecule has 1 heterocycles. The zero-order valence-electron chi connectivity index (χ0n) is 10.1. The van der Waals surface area contributed by atoms with Crippen LogP contribution in [0.1, 0.15) is 38.5 Å². The number of ether oxygens (including phenoxy) is 2. The van der Waals surface area contributed by atoms with E-state index in [-0.39, 0.29) is 17.8 Å². The van der Waals surface area contributed by atoms with Gasteiger partial charge in [0.15, 0.2) is 0 Å². The van der Waals surface area contributed by atoms with E-state index >= 15 is 0 Å². The molecule has 0 unspecified atom stereocenters. The molecule has 1 saturated heterocycles. The third kappa shape index (κ3) is 1.97. The number of carboxylic acids is 1. The van der Waals surface area contributed by atoms with Gasteiger partial charge in [0.2, 0.25) is 5.79 Å². The molecule has 1 aliphatic carbocycles. The highest BCUT2D eigenvalue weighted by Crippen LogP contribution is 2.47. The second-order valence-corrected chi connectivity index (χ2v) is 4.84. The van der Waals surface area contributed by atoms with Crippen LogP contribution in [0, 0.1) is 10.1 Å². The van der Waals surface area contributed by atoms with Crippen LogP contribution in [0.2, 0.25) is 0 Å². The minimum Gasteiger partial charge on any atom is -0.481 e. The van der Waals surface area contributed by atoms with Crippen LogP contribution in [0.5, 0.6) is 0 Å². The van der Waals surface area contributed by atoms with Crippen LogP contribution in [0.3, 0.4) is 0 Å². The topological polar surface area (TPSA) is 98.9 Å². The van der Waals surface area contributed by atoms with Crippen LogP contribution >= 0.6 is 0 Å². The van der Waals surface area contributed by atoms with E-state index in [9.17, 15) is 14.9 Å². The molecular formula is C11H17NO6. The van der Waals surface area contributed by atoms with Crippen LogP contribution in [0.25, 0.3) is 0 Å². The lowest BCUT2D eigenvalue weighted by Crippen LogP contribution is -2.61. The van der Waals surface area contributed by atoms with Gasteiger partial charge in [-0.25, -0.2) is 0 Å². The molecule has 0 aromatic rings. The third-order valence-corrected chi connectivity index (χ3v) is 3.91. The monoisotopic (exact) mass is 259 g/mol. The Morgan fingerprint density at radius 3 is 2.44 bits per heavy atom. The van der Waals surface area contributed by atoms with Gasteiger partial charge in [-0.05, 0) is 12.8 Å². The highest BCUT2D eigenvalue weighted by atomic mass is 16.8. The second kappa shape index (κ2) is 4.81. The number of hydrogen-bond donors (Lipinski definition) is 1. The standard InChI is InChI=1S/C11H17NO6/c13-9(14)3-6-10(12(15)16)4-1-2-5-11(10)17-7-8-18-11/h1-8H2,(H,13,14)/t10-/m1/s1. The van der Waals surface area contributed by atoms with Gasteiger partial charge in [-0.15, -0.1) is 0 Å². The molecule has 2 aliphatic rings. The van der Waals surface area contributed by atoms with E-state index in [2.05, 4.69) is 0 Å². The average molecular weight is 259 g/mol. The van der Waals surface area contributed by atoms with Crippen LogP contribution in [0.15, 0.2) is 0 Å². The summed E-state index contributed by atoms with van der Waals surface area (Å²) >= 11 is 0. The largest absolute Gasteiger partial charge is 0.481 e. The fourth-order valence-corrected chi connectivity index (χ4v) is 3.02. The van der Waals surface area contributed by atoms with E-state index in [4.69, 9.17) is 14.6 Å². The summed E-state index contributed by atoms with van der Waals surface area (Å²) in [6.45, 7) is 0.672. The molecule has 0 aromatic carbocycles. The summed E-state index contributed by atoms with van der Waals surface area (Å²) in [4.78, 5) is 21.8. The number of carboxylic acid groups (broad SMARTS) is 1. The summed E-state index contributed by atoms with van der Waals surface area (Å²) in [5.74, 6) is -2.25. The first-order valence-corrected chi connectivity index (χ1v) is 6.17. The summed E-state index contributed by atoms with van der Waals surface area (Å²) in [6, 6.07) is 0. The van der Waals surface area contributed by atoms with Gasteiger partial charge in [-0.3, -0.25) is 14.9 Å². The number of rotatable bonds is 4. The van der Waals surface area contributed by atoms with Gasteiger partial charge in [-0.2, -0.15) is 0 Å². The molecule has 1 N–H and O–H groups in total. The van der Waals surface area contributed by atoms with E-state index in [0.29, 0.717) is 32.5 Å². The number of hydrogen-bond acceptors (Lipinski definition) is 5. The molecule has 1 atom stereocenters. The van der Waals surface area contributed by atoms with Crippen molar-refractivity contribution < 1.29 is 24.3 Å². The smallest absolute Gasteiger partial charge is 0.303 e. The first kappa shape index (κ1) is 13.2. The quantitative estimate of drug-likeness (QED) is 0.601. The molecule has 18 heavy (non-hydrogen) atoms. The lowest BCUT2D eigenvalue weighted by Gasteiger charge is -2.42. The maximum atomic E-state index is 11.5. The van der Waals surface area contributed by atoms with Gasteiger partial charge < -0.3 is 14.6 Å². The predicted octanol–water partition coefficient (Wildman–Crippen LogP) is 1.18. The third-order valence-electron chi connectivity index (χ3n) is 3.91. The zero-order valence-corrected chi connectivity index (χ0v) is 10.1. The Morgan fingerprint density at radius 2 is 1.89 bits per heavy atom. The van der Waals surface area contributed by atoms with Gasteiger partial charge in [0, 0.05) is 24.2 Å². The summed E-state index contributed by atoms with van der Waals surface area (Å²) in [5, 5.41) is 20.3. The number of aliphatic carboxylic acids is 1. The molecule has 0 aromatic heterocycles. The maximum Gasteiger partial charge on any atom is 0.303 e. The normalized spacial score (nSPS) is 30.4. The van der Waals surface area contributed by atoms with E-state index in [1.165, 1.54) is 0 Å². The van der Waals surface area contributed by atoms with Crippen molar-refractivity contribution in [2.24, 2.45) is 0 Å². The molecular weight excluding hydrogens is 242 g/mol. The van der Waals surface area contributed by atoms with E-state index < -0.39 is 17.3 Å². The maximum absolute atomic E-state index is 11.5. The lowest BCUT2D eigenvalue weighted by molar-refractivity contribution is -0.617. The Bertz CT molecular complexity index is 351. The Kier molecular flexibility index (Phi) is 3.54. The SMILES string of the molecule is O=C(O)CC[C@]1([N+](=O)[O-])CCCCC12OCCO2. The van der Waals surface area contributed by atoms with Crippen LogP contribution in [-0.4, -0.2) is 40.5 Å². The van der Waals surface area contributed by atoms with E-state index in [0.717, 1.165) is 6.42 Å². The van der Waals surface area contributed by atoms with Gasteiger partial charge >= 0.3 is 5.97 Å². The van der Waals surface area contributed by atoms with Crippen LogP contribution in [0.4, 0.5) is 0 Å². The van der Waals surface area contributed by atoms with Crippen molar-refractivity contribution in [3.8, 4) is 0 Å². The molecule has 0 bridgehead atoms. The highest BCUT2D eigenvalue weighted by molar-refractivity contribution is 5.66. The van der Waals surface area contributed by atoms with E-state index in [1.54, 1.807) is 0 Å². The van der Waals surface area contributed by atoms with Gasteiger partial charge in [0.1, 0.15) is 0 Å². The Morgan fingerprint density at radius 1 is 1.28 bits per heavy atom. The average Bonchev–Trinajstić information content (AvgIpc) is 2.77. The van der Waals surface area contributed by atoms with Crippen molar-refractivity contribution in [1.29, 1.82) is 0 Å². The first-order valence-electron chi connectivity index (χ1n) is 6.17. The summed E-state index contributed by atoms with van der Waals surface area (Å²) in [6.07, 6.45) is 2.00. The van der Waals surface area contributed by atoms with Gasteiger partial charge in [0.25, 0.3) is 5.54 Å². The Hall–Kier alpha value is -1.21. The predicted molar refractivity (Wildman–Crippen MR) is 59.7 cm³/mol. The lowest BCUT2D eigenvalue weighted by atomic mass is 9.73. The van der Waals surface area contributed by atoms with Crippen molar-refractivity contribution in [3.63, 3.8) is 0 Å². The first-order chi connectivity index (χ1) is 8.52. The summed E-state index contributed by atoms with van der Waals surface area (Å²) in [7, 11) is 0. The molecule has 2 fully saturated rings. The molecule has 7 heteroatoms. The number of nitrogens with zero attached hydrogens (tertiary/aromatic N) is 1. The molecule has 102 valence electrons. The summed E-state index contributed by atoms with van der Waals surface area (Å²) < 4.78 is 11.1. The minimum absolute atomic E-state index is 0.0463. The van der Waals surface area contributed by atoms with Crippen molar-refractivity contribution in [2.45, 2.75) is 49.9 Å². The van der Waals surface area contributed by atoms with Crippen molar-refractivity contribution in [1.82, 2.24) is 0 Å². The summed E-state index contributed by atoms with van der Waals surface area (Å²) in [5.41, 5.74) is -1.42. The molecule has 1 spiro atoms. The molecule has 7 nitrogen and oxygen atoms in total. The van der Waals surface area contributed by atoms with Gasteiger partial charge in [0.05, 0.1) is 19.6 Å². The molecule has 2 rings (SSSR count). The van der Waals surface area contributed by atoms with Crippen molar-refractivity contribution in [3.05, 3.63) is 10.1 Å². The molecule has 1 saturated carbocycles. The highest BCUT2D eigenvalue weighted by Gasteiger charge is 2.66. The fourth-order valence-electron chi connectivity index (χ4n) is 3.02. The number of nitro groups is 1. The Labute approximate surface area is 104 Å². The zero-order chi connectivity index (χ0) is 13.2. The van der Waals surface area contributed by atoms with Crippen molar-refractivity contribution >= 4 is 5.97 Å². The Balaban J connectivity index is 2.29. The van der Waals surface area contributed by atoms with E-state index in [1.807, 2.05) is 0 Å². The molecule has 1 aliphatic heterocycles. The van der Waals surface area contributed by atoms with Crippen LogP contribution < -0.4 is 0 Å².